The van der Waals surface area contributed by atoms with Gasteiger partial charge in [-0.25, -0.2) is 4.72 Å². The zero-order valence-electron chi connectivity index (χ0n) is 8.94. The molecule has 0 saturated carbocycles. The number of hydrogen-bond acceptors (Lipinski definition) is 3. The molecular weight excluding hydrogens is 230 g/mol. The largest absolute Gasteiger partial charge is 0.355 e. The number of amides is 1. The highest BCUT2D eigenvalue weighted by Gasteiger charge is 2.13. The number of hydrogen-bond donors (Lipinski definition) is 3. The highest BCUT2D eigenvalue weighted by atomic mass is 32.2. The van der Waals surface area contributed by atoms with Crippen molar-refractivity contribution in [3.8, 4) is 0 Å². The Balaban J connectivity index is 3.10. The molecule has 0 aliphatic heterocycles. The Bertz CT molecular complexity index is 485. The summed E-state index contributed by atoms with van der Waals surface area (Å²) in [6, 6.07) is 6.34. The number of carbonyl (C=O) groups excluding carboxylic acids is 1. The lowest BCUT2D eigenvalue weighted by Crippen LogP contribution is -2.28. The van der Waals surface area contributed by atoms with Crippen LogP contribution < -0.4 is 14.8 Å². The lowest BCUT2D eigenvalue weighted by molar-refractivity contribution is 0.0964. The Kier molecular flexibility index (Phi) is 3.86. The first-order valence-corrected chi connectivity index (χ1v) is 6.01. The van der Waals surface area contributed by atoms with E-state index in [1.807, 2.05) is 0 Å². The predicted octanol–water partition coefficient (Wildman–Crippen LogP) is -0.0777. The first kappa shape index (κ1) is 12.5. The zero-order chi connectivity index (χ0) is 12.2. The molecule has 0 bridgehead atoms. The van der Waals surface area contributed by atoms with Crippen LogP contribution in [0.2, 0.25) is 0 Å². The van der Waals surface area contributed by atoms with Crippen molar-refractivity contribution in [2.75, 3.05) is 18.8 Å². The van der Waals surface area contributed by atoms with Crippen LogP contribution in [-0.2, 0) is 10.2 Å². The number of para-hydroxylation sites is 1. The number of nitrogens with one attached hydrogen (secondary N) is 3. The van der Waals surface area contributed by atoms with Gasteiger partial charge in [-0.1, -0.05) is 12.1 Å². The molecule has 7 heteroatoms. The SMILES string of the molecule is CNC(=O)c1ccccc1NS(=O)(=O)NC. The highest BCUT2D eigenvalue weighted by molar-refractivity contribution is 7.90. The van der Waals surface area contributed by atoms with Crippen molar-refractivity contribution >= 4 is 21.8 Å². The van der Waals surface area contributed by atoms with Gasteiger partial charge in [0, 0.05) is 14.1 Å². The first-order chi connectivity index (χ1) is 7.50. The fourth-order valence-electron chi connectivity index (χ4n) is 1.10. The van der Waals surface area contributed by atoms with Crippen molar-refractivity contribution < 1.29 is 13.2 Å². The molecule has 0 unspecified atom stereocenters. The molecule has 3 N–H and O–H groups in total. The van der Waals surface area contributed by atoms with Gasteiger partial charge < -0.3 is 5.32 Å². The van der Waals surface area contributed by atoms with Crippen LogP contribution >= 0.6 is 0 Å². The van der Waals surface area contributed by atoms with Crippen molar-refractivity contribution in [2.45, 2.75) is 0 Å². The molecule has 0 aromatic heterocycles. The van der Waals surface area contributed by atoms with Gasteiger partial charge in [0.05, 0.1) is 11.3 Å². The summed E-state index contributed by atoms with van der Waals surface area (Å²) in [5, 5.41) is 2.43. The molecule has 1 aromatic rings. The third-order valence-electron chi connectivity index (χ3n) is 1.91. The summed E-state index contributed by atoms with van der Waals surface area (Å²) in [4.78, 5) is 11.4. The van der Waals surface area contributed by atoms with Crippen molar-refractivity contribution in [1.82, 2.24) is 10.0 Å². The van der Waals surface area contributed by atoms with Crippen LogP contribution in [0.25, 0.3) is 0 Å². The topological polar surface area (TPSA) is 87.3 Å². The summed E-state index contributed by atoms with van der Waals surface area (Å²) in [7, 11) is -0.856. The van der Waals surface area contributed by atoms with Gasteiger partial charge in [0.25, 0.3) is 16.1 Å². The Morgan fingerprint density at radius 2 is 1.81 bits per heavy atom. The average Bonchev–Trinajstić information content (AvgIpc) is 2.28. The van der Waals surface area contributed by atoms with E-state index in [1.54, 1.807) is 12.1 Å². The van der Waals surface area contributed by atoms with Gasteiger partial charge in [0.2, 0.25) is 0 Å². The van der Waals surface area contributed by atoms with E-state index in [4.69, 9.17) is 0 Å². The van der Waals surface area contributed by atoms with Gasteiger partial charge in [-0.3, -0.25) is 9.52 Å². The minimum atomic E-state index is -3.62. The molecule has 0 radical (unpaired) electrons. The quantitative estimate of drug-likeness (QED) is 0.691. The molecule has 0 heterocycles. The maximum absolute atomic E-state index is 11.4. The number of carbonyl (C=O) groups is 1. The van der Waals surface area contributed by atoms with Crippen molar-refractivity contribution in [3.05, 3.63) is 29.8 Å². The highest BCUT2D eigenvalue weighted by Crippen LogP contribution is 2.15. The third kappa shape index (κ3) is 2.94. The average molecular weight is 243 g/mol. The van der Waals surface area contributed by atoms with Gasteiger partial charge in [-0.15, -0.1) is 0 Å². The number of anilines is 1. The molecule has 0 atom stereocenters. The van der Waals surface area contributed by atoms with Crippen molar-refractivity contribution in [2.24, 2.45) is 0 Å². The summed E-state index contributed by atoms with van der Waals surface area (Å²) >= 11 is 0. The van der Waals surface area contributed by atoms with E-state index in [-0.39, 0.29) is 17.2 Å². The number of benzene rings is 1. The Hall–Kier alpha value is -1.60. The van der Waals surface area contributed by atoms with Crippen molar-refractivity contribution in [1.29, 1.82) is 0 Å². The van der Waals surface area contributed by atoms with Crippen LogP contribution in [0.1, 0.15) is 10.4 Å². The summed E-state index contributed by atoms with van der Waals surface area (Å²) in [6.45, 7) is 0. The first-order valence-electron chi connectivity index (χ1n) is 4.52. The second-order valence-corrected chi connectivity index (χ2v) is 4.55. The maximum atomic E-state index is 11.4. The molecule has 16 heavy (non-hydrogen) atoms. The fraction of sp³-hybridized carbons (Fsp3) is 0.222. The predicted molar refractivity (Wildman–Crippen MR) is 61.4 cm³/mol. The summed E-state index contributed by atoms with van der Waals surface area (Å²) in [5.74, 6) is -0.352. The Labute approximate surface area is 94.2 Å². The molecule has 1 aromatic carbocycles. The van der Waals surface area contributed by atoms with Crippen LogP contribution in [0.5, 0.6) is 0 Å². The van der Waals surface area contributed by atoms with E-state index in [9.17, 15) is 13.2 Å². The lowest BCUT2D eigenvalue weighted by atomic mass is 10.2. The monoisotopic (exact) mass is 243 g/mol. The zero-order valence-corrected chi connectivity index (χ0v) is 9.76. The molecule has 6 nitrogen and oxygen atoms in total. The van der Waals surface area contributed by atoms with Crippen LogP contribution in [0.4, 0.5) is 5.69 Å². The molecular formula is C9H13N3O3S. The lowest BCUT2D eigenvalue weighted by Gasteiger charge is -2.10. The second-order valence-electron chi connectivity index (χ2n) is 2.93. The van der Waals surface area contributed by atoms with Gasteiger partial charge >= 0.3 is 0 Å². The standard InChI is InChI=1S/C9H13N3O3S/c1-10-9(13)7-5-3-4-6-8(7)12-16(14,15)11-2/h3-6,11-12H,1-2H3,(H,10,13). The van der Waals surface area contributed by atoms with E-state index < -0.39 is 10.2 Å². The molecule has 0 saturated heterocycles. The minimum Gasteiger partial charge on any atom is -0.355 e. The summed E-state index contributed by atoms with van der Waals surface area (Å²) in [5.41, 5.74) is 0.500. The van der Waals surface area contributed by atoms with Crippen LogP contribution in [0.3, 0.4) is 0 Å². The Morgan fingerprint density at radius 3 is 2.38 bits per heavy atom. The molecule has 0 aliphatic rings. The van der Waals surface area contributed by atoms with Crippen molar-refractivity contribution in [3.63, 3.8) is 0 Å². The van der Waals surface area contributed by atoms with Gasteiger partial charge in [0.1, 0.15) is 0 Å². The van der Waals surface area contributed by atoms with E-state index in [0.717, 1.165) is 0 Å². The van der Waals surface area contributed by atoms with Gasteiger partial charge in [-0.2, -0.15) is 8.42 Å². The smallest absolute Gasteiger partial charge is 0.298 e. The third-order valence-corrected chi connectivity index (χ3v) is 2.94. The maximum Gasteiger partial charge on any atom is 0.298 e. The molecule has 1 rings (SSSR count). The summed E-state index contributed by atoms with van der Waals surface area (Å²) < 4.78 is 26.9. The van der Waals surface area contributed by atoms with Gasteiger partial charge in [-0.05, 0) is 12.1 Å². The van der Waals surface area contributed by atoms with E-state index >= 15 is 0 Å². The molecule has 88 valence electrons. The van der Waals surface area contributed by atoms with Gasteiger partial charge in [0.15, 0.2) is 0 Å². The van der Waals surface area contributed by atoms with Crippen LogP contribution in [0, 0.1) is 0 Å². The molecule has 0 aliphatic carbocycles. The van der Waals surface area contributed by atoms with Crippen LogP contribution in [0.15, 0.2) is 24.3 Å². The fourth-order valence-corrected chi connectivity index (χ4v) is 1.67. The second kappa shape index (κ2) is 4.95. The molecule has 1 amide bonds. The van der Waals surface area contributed by atoms with E-state index in [2.05, 4.69) is 14.8 Å². The van der Waals surface area contributed by atoms with E-state index in [1.165, 1.54) is 26.2 Å². The van der Waals surface area contributed by atoms with E-state index in [0.29, 0.717) is 0 Å². The number of rotatable bonds is 4. The Morgan fingerprint density at radius 1 is 1.19 bits per heavy atom. The van der Waals surface area contributed by atoms with Crippen LogP contribution in [-0.4, -0.2) is 28.4 Å². The molecule has 0 fully saturated rings. The minimum absolute atomic E-state index is 0.233. The normalized spacial score (nSPS) is 10.9. The summed E-state index contributed by atoms with van der Waals surface area (Å²) in [6.07, 6.45) is 0. The molecule has 0 spiro atoms.